The summed E-state index contributed by atoms with van der Waals surface area (Å²) in [6.07, 6.45) is 3.63. The highest BCUT2D eigenvalue weighted by atomic mass is 32.2. The normalized spacial score (nSPS) is 12.9. The standard InChI is InChI=1S/C18H18FN3O3S/c1-20-18(25-2)13-10-17(15-7-3-4-8-16(15)19)22(12-13)26(23,24)14-6-5-9-21-11-14/h3-12,18,20H,1-2H3. The molecule has 8 heteroatoms. The van der Waals surface area contributed by atoms with E-state index in [0.717, 1.165) is 3.97 Å². The largest absolute Gasteiger partial charge is 0.362 e. The number of halogens is 1. The van der Waals surface area contributed by atoms with Crippen molar-refractivity contribution in [3.05, 3.63) is 72.4 Å². The minimum absolute atomic E-state index is 0.0122. The van der Waals surface area contributed by atoms with Crippen LogP contribution in [0.5, 0.6) is 0 Å². The van der Waals surface area contributed by atoms with Gasteiger partial charge in [-0.1, -0.05) is 12.1 Å². The van der Waals surface area contributed by atoms with E-state index in [1.807, 2.05) is 0 Å². The molecule has 3 aromatic rings. The lowest BCUT2D eigenvalue weighted by Gasteiger charge is -2.12. The van der Waals surface area contributed by atoms with Crippen LogP contribution in [0.4, 0.5) is 4.39 Å². The molecule has 6 nitrogen and oxygen atoms in total. The van der Waals surface area contributed by atoms with Crippen LogP contribution < -0.4 is 5.32 Å². The number of hydrogen-bond acceptors (Lipinski definition) is 5. The van der Waals surface area contributed by atoms with Gasteiger partial charge in [-0.2, -0.15) is 0 Å². The van der Waals surface area contributed by atoms with Crippen molar-refractivity contribution in [2.45, 2.75) is 11.1 Å². The molecule has 3 rings (SSSR count). The zero-order chi connectivity index (χ0) is 18.7. The highest BCUT2D eigenvalue weighted by Crippen LogP contribution is 2.31. The van der Waals surface area contributed by atoms with Crippen molar-refractivity contribution in [2.24, 2.45) is 0 Å². The molecule has 1 unspecified atom stereocenters. The summed E-state index contributed by atoms with van der Waals surface area (Å²) in [5.41, 5.74) is 0.942. The van der Waals surface area contributed by atoms with E-state index >= 15 is 0 Å². The predicted molar refractivity (Wildman–Crippen MR) is 95.5 cm³/mol. The summed E-state index contributed by atoms with van der Waals surface area (Å²) < 4.78 is 46.9. The van der Waals surface area contributed by atoms with Crippen molar-refractivity contribution in [1.82, 2.24) is 14.3 Å². The van der Waals surface area contributed by atoms with E-state index in [-0.39, 0.29) is 16.2 Å². The first kappa shape index (κ1) is 18.2. The van der Waals surface area contributed by atoms with E-state index in [4.69, 9.17) is 4.74 Å². The molecular formula is C18H18FN3O3S. The Balaban J connectivity index is 2.25. The van der Waals surface area contributed by atoms with Gasteiger partial charge in [-0.3, -0.25) is 10.3 Å². The lowest BCUT2D eigenvalue weighted by atomic mass is 10.1. The van der Waals surface area contributed by atoms with Gasteiger partial charge in [-0.05, 0) is 37.4 Å². The van der Waals surface area contributed by atoms with Gasteiger partial charge >= 0.3 is 0 Å². The average Bonchev–Trinajstić information content (AvgIpc) is 3.09. The van der Waals surface area contributed by atoms with Gasteiger partial charge in [0.1, 0.15) is 16.9 Å². The number of aromatic nitrogens is 2. The zero-order valence-corrected chi connectivity index (χ0v) is 15.1. The van der Waals surface area contributed by atoms with Crippen LogP contribution in [0.15, 0.2) is 66.0 Å². The highest BCUT2D eigenvalue weighted by Gasteiger charge is 2.25. The molecule has 0 amide bonds. The second-order valence-electron chi connectivity index (χ2n) is 5.53. The van der Waals surface area contributed by atoms with Gasteiger partial charge in [0.05, 0.1) is 5.69 Å². The smallest absolute Gasteiger partial charge is 0.269 e. The molecule has 0 aliphatic heterocycles. The minimum Gasteiger partial charge on any atom is -0.362 e. The van der Waals surface area contributed by atoms with Crippen molar-refractivity contribution >= 4 is 10.0 Å². The summed E-state index contributed by atoms with van der Waals surface area (Å²) in [5.74, 6) is -0.516. The molecule has 0 bridgehead atoms. The van der Waals surface area contributed by atoms with Crippen molar-refractivity contribution in [3.8, 4) is 11.3 Å². The van der Waals surface area contributed by atoms with E-state index in [1.165, 1.54) is 50.0 Å². The zero-order valence-electron chi connectivity index (χ0n) is 14.3. The molecule has 0 radical (unpaired) electrons. The number of ether oxygens (including phenoxy) is 1. The molecule has 0 fully saturated rings. The van der Waals surface area contributed by atoms with E-state index in [2.05, 4.69) is 10.3 Å². The molecule has 0 saturated carbocycles. The van der Waals surface area contributed by atoms with Crippen LogP contribution in [0, 0.1) is 5.82 Å². The van der Waals surface area contributed by atoms with Crippen LogP contribution in [-0.4, -0.2) is 31.5 Å². The third-order valence-electron chi connectivity index (χ3n) is 3.95. The SMILES string of the molecule is CNC(OC)c1cc(-c2ccccc2F)n(S(=O)(=O)c2cccnc2)c1. The van der Waals surface area contributed by atoms with Crippen LogP contribution in [0.25, 0.3) is 11.3 Å². The Morgan fingerprint density at radius 1 is 1.23 bits per heavy atom. The molecule has 1 atom stereocenters. The number of methoxy groups -OCH3 is 1. The Morgan fingerprint density at radius 3 is 2.62 bits per heavy atom. The van der Waals surface area contributed by atoms with Crippen LogP contribution in [0.3, 0.4) is 0 Å². The highest BCUT2D eigenvalue weighted by molar-refractivity contribution is 7.90. The fourth-order valence-corrected chi connectivity index (χ4v) is 4.05. The first-order valence-electron chi connectivity index (χ1n) is 7.82. The second-order valence-corrected chi connectivity index (χ2v) is 7.35. The third kappa shape index (κ3) is 3.26. The molecule has 0 aliphatic rings. The first-order chi connectivity index (χ1) is 12.5. The Morgan fingerprint density at radius 2 is 2.00 bits per heavy atom. The summed E-state index contributed by atoms with van der Waals surface area (Å²) >= 11 is 0. The van der Waals surface area contributed by atoms with Gasteiger partial charge in [0, 0.05) is 36.8 Å². The predicted octanol–water partition coefficient (Wildman–Crippen LogP) is 2.79. The maximum atomic E-state index is 14.4. The fourth-order valence-electron chi connectivity index (χ4n) is 2.71. The van der Waals surface area contributed by atoms with Gasteiger partial charge in [-0.15, -0.1) is 0 Å². The molecule has 136 valence electrons. The topological polar surface area (TPSA) is 73.2 Å². The van der Waals surface area contributed by atoms with Gasteiger partial charge in [0.15, 0.2) is 0 Å². The quantitative estimate of drug-likeness (QED) is 0.671. The van der Waals surface area contributed by atoms with E-state index in [1.54, 1.807) is 25.2 Å². The number of hydrogen-bond donors (Lipinski definition) is 1. The summed E-state index contributed by atoms with van der Waals surface area (Å²) in [4.78, 5) is 3.88. The minimum atomic E-state index is -3.96. The van der Waals surface area contributed by atoms with E-state index in [9.17, 15) is 12.8 Å². The Labute approximate surface area is 151 Å². The van der Waals surface area contributed by atoms with Crippen molar-refractivity contribution in [3.63, 3.8) is 0 Å². The molecular weight excluding hydrogens is 357 g/mol. The summed E-state index contributed by atoms with van der Waals surface area (Å²) in [5, 5.41) is 2.93. The van der Waals surface area contributed by atoms with Gasteiger partial charge in [0.25, 0.3) is 10.0 Å². The van der Waals surface area contributed by atoms with Gasteiger partial charge in [-0.25, -0.2) is 16.8 Å². The maximum Gasteiger partial charge on any atom is 0.269 e. The van der Waals surface area contributed by atoms with Crippen molar-refractivity contribution in [2.75, 3.05) is 14.2 Å². The fraction of sp³-hybridized carbons (Fsp3) is 0.167. The van der Waals surface area contributed by atoms with Crippen LogP contribution >= 0.6 is 0 Å². The number of nitrogens with one attached hydrogen (secondary N) is 1. The van der Waals surface area contributed by atoms with Crippen LogP contribution in [0.2, 0.25) is 0 Å². The molecule has 0 saturated heterocycles. The molecule has 2 heterocycles. The molecule has 0 spiro atoms. The molecule has 26 heavy (non-hydrogen) atoms. The average molecular weight is 375 g/mol. The lowest BCUT2D eigenvalue weighted by molar-refractivity contribution is 0.0810. The third-order valence-corrected chi connectivity index (χ3v) is 5.61. The summed E-state index contributed by atoms with van der Waals surface area (Å²) in [7, 11) is -0.778. The molecule has 1 N–H and O–H groups in total. The Kier molecular flexibility index (Phi) is 5.17. The number of rotatable bonds is 6. The maximum absolute atomic E-state index is 14.4. The van der Waals surface area contributed by atoms with Gasteiger partial charge < -0.3 is 4.74 Å². The van der Waals surface area contributed by atoms with Crippen LogP contribution in [-0.2, 0) is 14.8 Å². The van der Waals surface area contributed by atoms with E-state index < -0.39 is 22.1 Å². The Hall–Kier alpha value is -2.55. The second kappa shape index (κ2) is 7.36. The number of pyridine rings is 1. The van der Waals surface area contributed by atoms with Crippen molar-refractivity contribution in [1.29, 1.82) is 0 Å². The summed E-state index contributed by atoms with van der Waals surface area (Å²) in [6.45, 7) is 0. The van der Waals surface area contributed by atoms with E-state index in [0.29, 0.717) is 5.56 Å². The molecule has 1 aromatic carbocycles. The first-order valence-corrected chi connectivity index (χ1v) is 9.26. The van der Waals surface area contributed by atoms with Crippen molar-refractivity contribution < 1.29 is 17.5 Å². The number of benzene rings is 1. The lowest BCUT2D eigenvalue weighted by Crippen LogP contribution is -2.18. The van der Waals surface area contributed by atoms with Crippen LogP contribution in [0.1, 0.15) is 11.8 Å². The van der Waals surface area contributed by atoms with Gasteiger partial charge in [0.2, 0.25) is 0 Å². The number of nitrogens with zero attached hydrogens (tertiary/aromatic N) is 2. The monoisotopic (exact) mass is 375 g/mol. The Bertz CT molecular complexity index is 1000. The molecule has 2 aromatic heterocycles. The summed E-state index contributed by atoms with van der Waals surface area (Å²) in [6, 6.07) is 10.6. The molecule has 0 aliphatic carbocycles.